The topological polar surface area (TPSA) is 55.0 Å². The third kappa shape index (κ3) is 1.56. The number of rotatable bonds is 2. The Morgan fingerprint density at radius 2 is 2.31 bits per heavy atom. The van der Waals surface area contributed by atoms with Gasteiger partial charge < -0.3 is 10.6 Å². The third-order valence-corrected chi connectivity index (χ3v) is 2.60. The van der Waals surface area contributed by atoms with E-state index in [0.29, 0.717) is 11.9 Å². The van der Waals surface area contributed by atoms with Crippen LogP contribution in [0.5, 0.6) is 0 Å². The van der Waals surface area contributed by atoms with Crippen LogP contribution in [0.25, 0.3) is 0 Å². The van der Waals surface area contributed by atoms with E-state index in [2.05, 4.69) is 14.9 Å². The molecule has 1 aliphatic carbocycles. The molecule has 0 bridgehead atoms. The van der Waals surface area contributed by atoms with Crippen LogP contribution >= 0.6 is 0 Å². The van der Waals surface area contributed by atoms with Crippen molar-refractivity contribution in [2.45, 2.75) is 25.3 Å². The predicted molar refractivity (Wildman–Crippen MR) is 52.5 cm³/mol. The van der Waals surface area contributed by atoms with E-state index in [1.807, 2.05) is 7.05 Å². The molecule has 0 unspecified atom stereocenters. The van der Waals surface area contributed by atoms with Gasteiger partial charge in [0.15, 0.2) is 0 Å². The van der Waals surface area contributed by atoms with Crippen LogP contribution < -0.4 is 10.6 Å². The third-order valence-electron chi connectivity index (χ3n) is 2.60. The zero-order chi connectivity index (χ0) is 9.26. The van der Waals surface area contributed by atoms with Crippen LogP contribution in [0.15, 0.2) is 12.3 Å². The molecular formula is C9H14N4. The normalized spacial score (nSPS) is 16.7. The Labute approximate surface area is 77.8 Å². The van der Waals surface area contributed by atoms with Gasteiger partial charge in [-0.15, -0.1) is 0 Å². The molecule has 0 saturated heterocycles. The second-order valence-electron chi connectivity index (χ2n) is 3.48. The summed E-state index contributed by atoms with van der Waals surface area (Å²) in [5.41, 5.74) is 5.58. The molecule has 4 heteroatoms. The number of nitrogens with zero attached hydrogens (tertiary/aromatic N) is 3. The molecule has 2 N–H and O–H groups in total. The molecule has 1 heterocycles. The average Bonchev–Trinajstić information content (AvgIpc) is 2.01. The van der Waals surface area contributed by atoms with E-state index in [1.54, 1.807) is 12.3 Å². The quantitative estimate of drug-likeness (QED) is 0.735. The maximum absolute atomic E-state index is 5.58. The Bertz CT molecular complexity index is 295. The fraction of sp³-hybridized carbons (Fsp3) is 0.556. The van der Waals surface area contributed by atoms with Crippen LogP contribution in [0.1, 0.15) is 19.3 Å². The van der Waals surface area contributed by atoms with Crippen molar-refractivity contribution in [3.05, 3.63) is 12.3 Å². The maximum atomic E-state index is 5.58. The van der Waals surface area contributed by atoms with Crippen molar-refractivity contribution in [1.29, 1.82) is 0 Å². The molecule has 0 aromatic carbocycles. The first-order valence-corrected chi connectivity index (χ1v) is 4.59. The first kappa shape index (κ1) is 8.29. The summed E-state index contributed by atoms with van der Waals surface area (Å²) in [7, 11) is 2.03. The van der Waals surface area contributed by atoms with Crippen molar-refractivity contribution >= 4 is 11.8 Å². The van der Waals surface area contributed by atoms with Crippen molar-refractivity contribution in [2.24, 2.45) is 0 Å². The molecular weight excluding hydrogens is 164 g/mol. The molecule has 1 fully saturated rings. The van der Waals surface area contributed by atoms with E-state index in [-0.39, 0.29) is 0 Å². The molecule has 13 heavy (non-hydrogen) atoms. The van der Waals surface area contributed by atoms with Crippen LogP contribution in [0.2, 0.25) is 0 Å². The average molecular weight is 178 g/mol. The number of nitrogens with two attached hydrogens (primary N) is 1. The molecule has 2 rings (SSSR count). The highest BCUT2D eigenvalue weighted by Gasteiger charge is 2.23. The minimum Gasteiger partial charge on any atom is -0.384 e. The van der Waals surface area contributed by atoms with E-state index in [9.17, 15) is 0 Å². The van der Waals surface area contributed by atoms with Crippen molar-refractivity contribution in [1.82, 2.24) is 9.97 Å². The van der Waals surface area contributed by atoms with Crippen LogP contribution in [-0.4, -0.2) is 23.1 Å². The van der Waals surface area contributed by atoms with Gasteiger partial charge in [0.1, 0.15) is 5.82 Å². The minimum atomic E-state index is 0.538. The monoisotopic (exact) mass is 178 g/mol. The standard InChI is InChI=1S/C9H14N4/c1-13(7-3-2-4-7)9-11-6-5-8(10)12-9/h5-7H,2-4H2,1H3,(H2,10,11,12). The largest absolute Gasteiger partial charge is 0.384 e. The minimum absolute atomic E-state index is 0.538. The first-order valence-electron chi connectivity index (χ1n) is 4.59. The molecule has 0 atom stereocenters. The van der Waals surface area contributed by atoms with Crippen LogP contribution in [0, 0.1) is 0 Å². The predicted octanol–water partition coefficient (Wildman–Crippen LogP) is 1.05. The highest BCUT2D eigenvalue weighted by Crippen LogP contribution is 2.26. The van der Waals surface area contributed by atoms with Gasteiger partial charge in [0.25, 0.3) is 0 Å². The van der Waals surface area contributed by atoms with Gasteiger partial charge in [0.05, 0.1) is 0 Å². The smallest absolute Gasteiger partial charge is 0.227 e. The lowest BCUT2D eigenvalue weighted by Crippen LogP contribution is -2.38. The van der Waals surface area contributed by atoms with Crippen molar-refractivity contribution in [3.63, 3.8) is 0 Å². The van der Waals surface area contributed by atoms with Gasteiger partial charge in [-0.2, -0.15) is 4.98 Å². The fourth-order valence-corrected chi connectivity index (χ4v) is 1.47. The molecule has 0 amide bonds. The zero-order valence-electron chi connectivity index (χ0n) is 7.77. The molecule has 1 aromatic rings. The molecule has 70 valence electrons. The van der Waals surface area contributed by atoms with Gasteiger partial charge >= 0.3 is 0 Å². The summed E-state index contributed by atoms with van der Waals surface area (Å²) in [6.07, 6.45) is 5.51. The van der Waals surface area contributed by atoms with Crippen molar-refractivity contribution in [3.8, 4) is 0 Å². The summed E-state index contributed by atoms with van der Waals surface area (Å²) in [6, 6.07) is 2.32. The van der Waals surface area contributed by atoms with E-state index < -0.39 is 0 Å². The van der Waals surface area contributed by atoms with E-state index in [4.69, 9.17) is 5.73 Å². The number of anilines is 2. The molecule has 1 aromatic heterocycles. The van der Waals surface area contributed by atoms with Crippen LogP contribution in [-0.2, 0) is 0 Å². The van der Waals surface area contributed by atoms with Gasteiger partial charge in [0.2, 0.25) is 5.95 Å². The van der Waals surface area contributed by atoms with Gasteiger partial charge in [-0.3, -0.25) is 0 Å². The van der Waals surface area contributed by atoms with Crippen LogP contribution in [0.4, 0.5) is 11.8 Å². The molecule has 4 nitrogen and oxygen atoms in total. The number of nitrogen functional groups attached to an aromatic ring is 1. The first-order chi connectivity index (χ1) is 6.27. The Morgan fingerprint density at radius 3 is 2.85 bits per heavy atom. The van der Waals surface area contributed by atoms with Crippen LogP contribution in [0.3, 0.4) is 0 Å². The van der Waals surface area contributed by atoms with Gasteiger partial charge in [-0.05, 0) is 25.3 Å². The Balaban J connectivity index is 2.14. The lowest BCUT2D eigenvalue weighted by molar-refractivity contribution is 0.397. The fourth-order valence-electron chi connectivity index (χ4n) is 1.47. The highest BCUT2D eigenvalue weighted by atomic mass is 15.3. The molecule has 0 radical (unpaired) electrons. The molecule has 1 saturated carbocycles. The summed E-state index contributed by atoms with van der Waals surface area (Å²) >= 11 is 0. The summed E-state index contributed by atoms with van der Waals surface area (Å²) in [5, 5.41) is 0. The summed E-state index contributed by atoms with van der Waals surface area (Å²) in [4.78, 5) is 10.5. The second kappa shape index (κ2) is 3.20. The summed E-state index contributed by atoms with van der Waals surface area (Å²) in [5.74, 6) is 1.28. The van der Waals surface area contributed by atoms with Gasteiger partial charge in [-0.1, -0.05) is 0 Å². The molecule has 0 aliphatic heterocycles. The number of hydrogen-bond donors (Lipinski definition) is 1. The molecule has 0 spiro atoms. The number of hydrogen-bond acceptors (Lipinski definition) is 4. The summed E-state index contributed by atoms with van der Waals surface area (Å²) in [6.45, 7) is 0. The van der Waals surface area contributed by atoms with Gasteiger partial charge in [0, 0.05) is 19.3 Å². The lowest BCUT2D eigenvalue weighted by Gasteiger charge is -2.34. The van der Waals surface area contributed by atoms with Gasteiger partial charge in [-0.25, -0.2) is 4.98 Å². The second-order valence-corrected chi connectivity index (χ2v) is 3.48. The maximum Gasteiger partial charge on any atom is 0.227 e. The Hall–Kier alpha value is -1.32. The summed E-state index contributed by atoms with van der Waals surface area (Å²) < 4.78 is 0. The number of aromatic nitrogens is 2. The highest BCUT2D eigenvalue weighted by molar-refractivity contribution is 5.38. The SMILES string of the molecule is CN(c1nccc(N)n1)C1CCC1. The Morgan fingerprint density at radius 1 is 1.54 bits per heavy atom. The zero-order valence-corrected chi connectivity index (χ0v) is 7.77. The van der Waals surface area contributed by atoms with E-state index in [1.165, 1.54) is 19.3 Å². The Kier molecular flexibility index (Phi) is 2.04. The lowest BCUT2D eigenvalue weighted by atomic mass is 9.92. The van der Waals surface area contributed by atoms with Crippen molar-refractivity contribution in [2.75, 3.05) is 17.7 Å². The van der Waals surface area contributed by atoms with E-state index in [0.717, 1.165) is 5.95 Å². The van der Waals surface area contributed by atoms with E-state index >= 15 is 0 Å². The van der Waals surface area contributed by atoms with Crippen molar-refractivity contribution < 1.29 is 0 Å². The molecule has 1 aliphatic rings.